The minimum Gasteiger partial charge on any atom is -0.496 e. The van der Waals surface area contributed by atoms with Gasteiger partial charge >= 0.3 is 5.97 Å². The van der Waals surface area contributed by atoms with Gasteiger partial charge in [-0.25, -0.2) is 4.79 Å². The van der Waals surface area contributed by atoms with E-state index in [2.05, 4.69) is 4.90 Å². The van der Waals surface area contributed by atoms with Crippen molar-refractivity contribution in [2.75, 3.05) is 45.3 Å². The van der Waals surface area contributed by atoms with E-state index in [9.17, 15) is 9.59 Å². The number of para-hydroxylation sites is 1. The monoisotopic (exact) mass is 354 g/mol. The fraction of sp³-hybridized carbons (Fsp3) is 0.300. The first kappa shape index (κ1) is 17.8. The van der Waals surface area contributed by atoms with Crippen LogP contribution in [0.25, 0.3) is 0 Å². The van der Waals surface area contributed by atoms with Crippen molar-refractivity contribution in [3.05, 3.63) is 59.7 Å². The minimum absolute atomic E-state index is 0.0228. The molecule has 0 saturated carbocycles. The van der Waals surface area contributed by atoms with Gasteiger partial charge in [-0.3, -0.25) is 4.79 Å². The zero-order valence-corrected chi connectivity index (χ0v) is 15.0. The van der Waals surface area contributed by atoms with Crippen LogP contribution >= 0.6 is 0 Å². The molecule has 0 aromatic heterocycles. The second kappa shape index (κ2) is 7.91. The van der Waals surface area contributed by atoms with E-state index in [0.717, 1.165) is 5.69 Å². The van der Waals surface area contributed by atoms with Crippen molar-refractivity contribution in [3.8, 4) is 5.75 Å². The topological polar surface area (TPSA) is 59.1 Å². The Morgan fingerprint density at radius 1 is 0.923 bits per heavy atom. The van der Waals surface area contributed by atoms with E-state index in [0.29, 0.717) is 43.1 Å². The summed E-state index contributed by atoms with van der Waals surface area (Å²) < 4.78 is 10.1. The number of ether oxygens (including phenoxy) is 2. The Labute approximate surface area is 152 Å². The number of esters is 1. The molecule has 1 fully saturated rings. The van der Waals surface area contributed by atoms with Crippen LogP contribution in [-0.4, -0.2) is 57.2 Å². The van der Waals surface area contributed by atoms with Crippen molar-refractivity contribution >= 4 is 17.6 Å². The van der Waals surface area contributed by atoms with Crippen LogP contribution in [0.4, 0.5) is 5.69 Å². The molecule has 0 bridgehead atoms. The van der Waals surface area contributed by atoms with Gasteiger partial charge in [0, 0.05) is 31.9 Å². The lowest BCUT2D eigenvalue weighted by Crippen LogP contribution is -2.48. The van der Waals surface area contributed by atoms with Gasteiger partial charge in [0.1, 0.15) is 5.75 Å². The van der Waals surface area contributed by atoms with Gasteiger partial charge in [-0.2, -0.15) is 0 Å². The Balaban J connectivity index is 1.68. The molecule has 6 nitrogen and oxygen atoms in total. The van der Waals surface area contributed by atoms with Crippen LogP contribution in [0.1, 0.15) is 20.7 Å². The summed E-state index contributed by atoms with van der Waals surface area (Å²) in [5.74, 6) is 0.216. The van der Waals surface area contributed by atoms with Crippen molar-refractivity contribution in [3.63, 3.8) is 0 Å². The van der Waals surface area contributed by atoms with E-state index in [1.54, 1.807) is 25.3 Å². The SMILES string of the molecule is COC(=O)c1cccc(N2CCN(C(=O)c3ccccc3OC)CC2)c1. The Morgan fingerprint density at radius 2 is 1.65 bits per heavy atom. The Kier molecular flexibility index (Phi) is 5.41. The number of rotatable bonds is 4. The van der Waals surface area contributed by atoms with Gasteiger partial charge in [0.25, 0.3) is 5.91 Å². The largest absolute Gasteiger partial charge is 0.496 e. The summed E-state index contributed by atoms with van der Waals surface area (Å²) in [6, 6.07) is 14.6. The molecule has 1 saturated heterocycles. The first-order valence-corrected chi connectivity index (χ1v) is 8.49. The van der Waals surface area contributed by atoms with E-state index in [-0.39, 0.29) is 11.9 Å². The maximum atomic E-state index is 12.8. The number of carbonyl (C=O) groups is 2. The molecule has 0 aliphatic carbocycles. The number of nitrogens with zero attached hydrogens (tertiary/aromatic N) is 2. The summed E-state index contributed by atoms with van der Waals surface area (Å²) in [6.07, 6.45) is 0. The number of benzene rings is 2. The molecule has 0 spiro atoms. The van der Waals surface area contributed by atoms with Gasteiger partial charge in [-0.05, 0) is 30.3 Å². The Hall–Kier alpha value is -3.02. The summed E-state index contributed by atoms with van der Waals surface area (Å²) in [5.41, 5.74) is 2.06. The zero-order valence-electron chi connectivity index (χ0n) is 15.0. The number of carbonyl (C=O) groups excluding carboxylic acids is 2. The van der Waals surface area contributed by atoms with Crippen LogP contribution in [0.5, 0.6) is 5.75 Å². The molecule has 2 aromatic rings. The van der Waals surface area contributed by atoms with Crippen LogP contribution in [0.2, 0.25) is 0 Å². The van der Waals surface area contributed by atoms with E-state index in [4.69, 9.17) is 9.47 Å². The van der Waals surface area contributed by atoms with Gasteiger partial charge in [0.2, 0.25) is 0 Å². The first-order valence-electron chi connectivity index (χ1n) is 8.49. The Morgan fingerprint density at radius 3 is 2.35 bits per heavy atom. The van der Waals surface area contributed by atoms with Gasteiger partial charge in [-0.1, -0.05) is 18.2 Å². The van der Waals surface area contributed by atoms with Crippen LogP contribution in [0.15, 0.2) is 48.5 Å². The lowest BCUT2D eigenvalue weighted by Gasteiger charge is -2.36. The highest BCUT2D eigenvalue weighted by atomic mass is 16.5. The normalized spacial score (nSPS) is 14.1. The van der Waals surface area contributed by atoms with Gasteiger partial charge < -0.3 is 19.3 Å². The van der Waals surface area contributed by atoms with Crippen molar-refractivity contribution < 1.29 is 19.1 Å². The molecule has 0 N–H and O–H groups in total. The first-order chi connectivity index (χ1) is 12.6. The predicted molar refractivity (Wildman–Crippen MR) is 98.9 cm³/mol. The number of amides is 1. The van der Waals surface area contributed by atoms with E-state index in [1.807, 2.05) is 35.2 Å². The highest BCUT2D eigenvalue weighted by molar-refractivity contribution is 5.97. The second-order valence-electron chi connectivity index (χ2n) is 6.02. The molecule has 0 atom stereocenters. The summed E-state index contributed by atoms with van der Waals surface area (Å²) >= 11 is 0. The van der Waals surface area contributed by atoms with E-state index < -0.39 is 0 Å². The molecule has 6 heteroatoms. The lowest BCUT2D eigenvalue weighted by molar-refractivity contribution is 0.0600. The summed E-state index contributed by atoms with van der Waals surface area (Å²) in [4.78, 5) is 28.5. The van der Waals surface area contributed by atoms with Gasteiger partial charge in [-0.15, -0.1) is 0 Å². The number of anilines is 1. The second-order valence-corrected chi connectivity index (χ2v) is 6.02. The van der Waals surface area contributed by atoms with Gasteiger partial charge in [0.15, 0.2) is 0 Å². The molecule has 136 valence electrons. The summed E-state index contributed by atoms with van der Waals surface area (Å²) in [7, 11) is 2.94. The summed E-state index contributed by atoms with van der Waals surface area (Å²) in [6.45, 7) is 2.62. The molecule has 2 aromatic carbocycles. The van der Waals surface area contributed by atoms with Crippen LogP contribution in [-0.2, 0) is 4.74 Å². The molecular formula is C20H22N2O4. The molecule has 1 heterocycles. The maximum Gasteiger partial charge on any atom is 0.337 e. The van der Waals surface area contributed by atoms with Crippen molar-refractivity contribution in [2.45, 2.75) is 0 Å². The third-order valence-electron chi connectivity index (χ3n) is 4.54. The molecule has 0 unspecified atom stereocenters. The Bertz CT molecular complexity index is 798. The third kappa shape index (κ3) is 3.64. The molecule has 26 heavy (non-hydrogen) atoms. The molecule has 0 radical (unpaired) electrons. The molecular weight excluding hydrogens is 332 g/mol. The highest BCUT2D eigenvalue weighted by Crippen LogP contribution is 2.22. The van der Waals surface area contributed by atoms with Crippen molar-refractivity contribution in [1.29, 1.82) is 0 Å². The average molecular weight is 354 g/mol. The van der Waals surface area contributed by atoms with Crippen molar-refractivity contribution in [1.82, 2.24) is 4.90 Å². The van der Waals surface area contributed by atoms with Crippen LogP contribution < -0.4 is 9.64 Å². The number of piperazine rings is 1. The predicted octanol–water partition coefficient (Wildman–Crippen LogP) is 2.44. The molecule has 1 aliphatic heterocycles. The number of hydrogen-bond acceptors (Lipinski definition) is 5. The number of methoxy groups -OCH3 is 2. The fourth-order valence-electron chi connectivity index (χ4n) is 3.11. The molecule has 1 aliphatic rings. The highest BCUT2D eigenvalue weighted by Gasteiger charge is 2.24. The average Bonchev–Trinajstić information content (AvgIpc) is 2.72. The van der Waals surface area contributed by atoms with Crippen LogP contribution in [0.3, 0.4) is 0 Å². The summed E-state index contributed by atoms with van der Waals surface area (Å²) in [5, 5.41) is 0. The lowest BCUT2D eigenvalue weighted by atomic mass is 10.1. The maximum absolute atomic E-state index is 12.8. The van der Waals surface area contributed by atoms with Crippen molar-refractivity contribution in [2.24, 2.45) is 0 Å². The zero-order chi connectivity index (χ0) is 18.5. The van der Waals surface area contributed by atoms with Gasteiger partial charge in [0.05, 0.1) is 25.3 Å². The molecule has 3 rings (SSSR count). The quantitative estimate of drug-likeness (QED) is 0.790. The minimum atomic E-state index is -0.350. The number of hydrogen-bond donors (Lipinski definition) is 0. The van der Waals surface area contributed by atoms with E-state index >= 15 is 0 Å². The molecule has 1 amide bonds. The van der Waals surface area contributed by atoms with Crippen LogP contribution in [0, 0.1) is 0 Å². The standard InChI is InChI=1S/C20H22N2O4/c1-25-18-9-4-3-8-17(18)19(23)22-12-10-21(11-13-22)16-7-5-6-15(14-16)20(24)26-2/h3-9,14H,10-13H2,1-2H3. The fourth-order valence-corrected chi connectivity index (χ4v) is 3.11. The third-order valence-corrected chi connectivity index (χ3v) is 4.54. The van der Waals surface area contributed by atoms with E-state index in [1.165, 1.54) is 7.11 Å². The smallest absolute Gasteiger partial charge is 0.337 e.